The standard InChI is InChI=1S/C33H26N8O15S4.4Na/c34-21-5-1-15-9-19(57-56-55-45)13-25(42)29(15)31(21)40-38-23-7-3-17(11-27(23)59(49,50)51)36-33(44)37-18-4-8-24(28(12-18)60(52,53)54)39-41-32-22(35)6-2-16-10-20(58(46,47)48)14-26(43)30(16)32;;;;/h1-14,42-43,45H,34-35H2,(H2,36,37,44)(H,46,47,48)(H,49,50,51)(H,52,53,54);;;;/q;4*+1/p-4. The Morgan fingerprint density at radius 2 is 1.03 bits per heavy atom. The van der Waals surface area contributed by atoms with Crippen molar-refractivity contribution in [2.45, 2.75) is 19.6 Å². The van der Waals surface area contributed by atoms with Crippen molar-refractivity contribution in [2.24, 2.45) is 20.5 Å². The quantitative estimate of drug-likeness (QED) is 0.0126. The number of phenolic OH excluding ortho intramolecular Hbond substituents is 2. The van der Waals surface area contributed by atoms with Crippen LogP contribution in [-0.4, -0.2) is 55.2 Å². The van der Waals surface area contributed by atoms with Crippen LogP contribution < -0.4 is 146 Å². The van der Waals surface area contributed by atoms with Crippen LogP contribution >= 0.6 is 12.0 Å². The Morgan fingerprint density at radius 1 is 0.594 bits per heavy atom. The molecule has 2 amide bonds. The molecule has 0 aliphatic heterocycles. The first-order chi connectivity index (χ1) is 28.1. The summed E-state index contributed by atoms with van der Waals surface area (Å²) >= 11 is 0.496. The molecule has 0 radical (unpaired) electrons. The second-order valence-electron chi connectivity index (χ2n) is 12.0. The monoisotopic (exact) mass is 990 g/mol. The molecule has 64 heavy (non-hydrogen) atoms. The van der Waals surface area contributed by atoms with E-state index in [1.165, 1.54) is 36.4 Å². The van der Waals surface area contributed by atoms with Gasteiger partial charge in [0.25, 0.3) is 0 Å². The molecule has 31 heteroatoms. The minimum Gasteiger partial charge on any atom is -0.744 e. The molecular formula is C33H22N8Na4O15S4. The number of carbonyl (C=O) groups is 1. The van der Waals surface area contributed by atoms with E-state index in [1.807, 2.05) is 0 Å². The van der Waals surface area contributed by atoms with Gasteiger partial charge in [-0.3, -0.25) is 5.04 Å². The van der Waals surface area contributed by atoms with Crippen molar-refractivity contribution in [1.82, 2.24) is 0 Å². The number of azo groups is 2. The summed E-state index contributed by atoms with van der Waals surface area (Å²) in [5.41, 5.74) is 9.80. The van der Waals surface area contributed by atoms with Crippen LogP contribution in [0.15, 0.2) is 125 Å². The van der Waals surface area contributed by atoms with Gasteiger partial charge in [-0.05, 0) is 83.6 Å². The third kappa shape index (κ3) is 13.8. The molecule has 0 spiro atoms. The molecule has 312 valence electrons. The maximum atomic E-state index is 12.9. The van der Waals surface area contributed by atoms with Gasteiger partial charge in [0, 0.05) is 16.3 Å². The number of benzene rings is 6. The number of anilines is 4. The summed E-state index contributed by atoms with van der Waals surface area (Å²) in [4.78, 5) is 10.5. The van der Waals surface area contributed by atoms with Gasteiger partial charge in [0.1, 0.15) is 64.6 Å². The molecule has 0 atom stereocenters. The van der Waals surface area contributed by atoms with E-state index in [0.717, 1.165) is 36.4 Å². The zero-order chi connectivity index (χ0) is 43.7. The second kappa shape index (κ2) is 23.5. The van der Waals surface area contributed by atoms with E-state index in [9.17, 15) is 59.2 Å². The summed E-state index contributed by atoms with van der Waals surface area (Å²) in [5.74, 6) is -1.12. The Morgan fingerprint density at radius 3 is 1.45 bits per heavy atom. The number of nitrogen functional groups attached to an aromatic ring is 2. The predicted molar refractivity (Wildman–Crippen MR) is 206 cm³/mol. The van der Waals surface area contributed by atoms with Crippen LogP contribution in [0.1, 0.15) is 0 Å². The van der Waals surface area contributed by atoms with Gasteiger partial charge in [-0.2, -0.15) is 4.33 Å². The molecule has 0 saturated heterocycles. The summed E-state index contributed by atoms with van der Waals surface area (Å²) < 4.78 is 112. The largest absolute Gasteiger partial charge is 1.00 e. The van der Waals surface area contributed by atoms with Crippen LogP contribution in [0, 0.1) is 0 Å². The number of rotatable bonds is 12. The summed E-state index contributed by atoms with van der Waals surface area (Å²) in [7, 11) is -15.6. The molecule has 0 fully saturated rings. The van der Waals surface area contributed by atoms with Gasteiger partial charge in [0.2, 0.25) is 0 Å². The maximum Gasteiger partial charge on any atom is 1.00 e. The average molecular weight is 991 g/mol. The minimum absolute atomic E-state index is 0. The number of nitrogens with zero attached hydrogens (tertiary/aromatic N) is 4. The number of nitrogens with two attached hydrogens (primary N) is 2. The number of fused-ring (bicyclic) bond motifs is 2. The number of hydrogen-bond acceptors (Lipinski definition) is 22. The maximum absolute atomic E-state index is 12.9. The fraction of sp³-hybridized carbons (Fsp3) is 0. The molecule has 6 aromatic rings. The van der Waals surface area contributed by atoms with Gasteiger partial charge < -0.3 is 51.2 Å². The van der Waals surface area contributed by atoms with E-state index in [1.54, 1.807) is 0 Å². The zero-order valence-electron chi connectivity index (χ0n) is 33.4. The van der Waals surface area contributed by atoms with Crippen LogP contribution in [0.2, 0.25) is 0 Å². The van der Waals surface area contributed by atoms with Gasteiger partial charge in [-0.15, -0.1) is 20.5 Å². The van der Waals surface area contributed by atoms with Crippen LogP contribution in [0.5, 0.6) is 11.5 Å². The third-order valence-corrected chi connectivity index (χ3v) is 11.2. The first kappa shape index (κ1) is 57.6. The van der Waals surface area contributed by atoms with Crippen molar-refractivity contribution in [1.29, 1.82) is 0 Å². The van der Waals surface area contributed by atoms with Gasteiger partial charge in [0.15, 0.2) is 0 Å². The average Bonchev–Trinajstić information content (AvgIpc) is 3.16. The molecule has 0 aromatic heterocycles. The van der Waals surface area contributed by atoms with Crippen molar-refractivity contribution >= 4 is 115 Å². The van der Waals surface area contributed by atoms with Crippen molar-refractivity contribution in [3.8, 4) is 11.5 Å². The van der Waals surface area contributed by atoms with Crippen molar-refractivity contribution in [3.05, 3.63) is 84.9 Å². The zero-order valence-corrected chi connectivity index (χ0v) is 44.6. The molecular weight excluding hydrogens is 969 g/mol. The molecule has 0 saturated carbocycles. The van der Waals surface area contributed by atoms with Gasteiger partial charge >= 0.3 is 124 Å². The molecule has 0 heterocycles. The predicted octanol–water partition coefficient (Wildman–Crippen LogP) is -7.00. The van der Waals surface area contributed by atoms with Crippen LogP contribution in [0.25, 0.3) is 21.5 Å². The number of hydrogen-bond donors (Lipinski definition) is 6. The van der Waals surface area contributed by atoms with E-state index >= 15 is 0 Å². The number of nitrogens with one attached hydrogen (secondary N) is 2. The molecule has 0 aliphatic carbocycles. The first-order valence-electron chi connectivity index (χ1n) is 15.9. The first-order valence-corrected chi connectivity index (χ1v) is 20.9. The Kier molecular flexibility index (Phi) is 21.1. The molecule has 0 bridgehead atoms. The summed E-state index contributed by atoms with van der Waals surface area (Å²) in [6.07, 6.45) is 0. The van der Waals surface area contributed by atoms with E-state index in [2.05, 4.69) is 40.5 Å². The van der Waals surface area contributed by atoms with E-state index in [-0.39, 0.29) is 173 Å². The fourth-order valence-electron chi connectivity index (χ4n) is 5.54. The molecule has 23 nitrogen and oxygen atoms in total. The minimum atomic E-state index is -5.33. The summed E-state index contributed by atoms with van der Waals surface area (Å²) in [6.45, 7) is 0. The summed E-state index contributed by atoms with van der Waals surface area (Å²) in [5, 5.41) is 54.8. The molecule has 6 aromatic carbocycles. The molecule has 0 unspecified atom stereocenters. The Hall–Kier alpha value is -2.53. The SMILES string of the molecule is Nc1ccc2cc(SOO[O-])cc(O)c2c1N=Nc1ccc(NC(=O)Nc2ccc(N=Nc3c(N)ccc4cc(S(=O)(=O)[O-])cc(O)c34)c(S(=O)(=O)[O-])c2)cc1S(=O)(=O)[O-].[Na+].[Na+].[Na+].[Na+]. The summed E-state index contributed by atoms with van der Waals surface area (Å²) in [6, 6.07) is 14.2. The van der Waals surface area contributed by atoms with Crippen LogP contribution in [-0.2, 0) is 39.7 Å². The second-order valence-corrected chi connectivity index (χ2v) is 16.9. The van der Waals surface area contributed by atoms with Crippen molar-refractivity contribution in [3.63, 3.8) is 0 Å². The van der Waals surface area contributed by atoms with E-state index in [4.69, 9.17) is 11.5 Å². The molecule has 0 aliphatic rings. The topological polar surface area (TPSA) is 396 Å². The van der Waals surface area contributed by atoms with Crippen LogP contribution in [0.3, 0.4) is 0 Å². The Balaban J connectivity index is 0.00000352. The third-order valence-electron chi connectivity index (χ3n) is 8.08. The van der Waals surface area contributed by atoms with Gasteiger partial charge in [-0.1, -0.05) is 12.1 Å². The van der Waals surface area contributed by atoms with Gasteiger partial charge in [-0.25, -0.2) is 30.0 Å². The van der Waals surface area contributed by atoms with Crippen LogP contribution in [0.4, 0.5) is 50.3 Å². The number of amides is 2. The Bertz CT molecular complexity index is 3170. The number of phenols is 2. The normalized spacial score (nSPS) is 11.7. The number of carbonyl (C=O) groups excluding carboxylic acids is 1. The van der Waals surface area contributed by atoms with E-state index in [0.29, 0.717) is 29.6 Å². The van der Waals surface area contributed by atoms with Crippen molar-refractivity contribution < 1.29 is 187 Å². The molecule has 8 N–H and O–H groups in total. The smallest absolute Gasteiger partial charge is 0.744 e. The molecule has 6 rings (SSSR count). The van der Waals surface area contributed by atoms with Crippen molar-refractivity contribution in [2.75, 3.05) is 22.1 Å². The van der Waals surface area contributed by atoms with Gasteiger partial charge in [0.05, 0.1) is 48.9 Å². The Labute approximate surface area is 455 Å². The van der Waals surface area contributed by atoms with E-state index < -0.39 is 73.9 Å². The fourth-order valence-corrected chi connectivity index (χ4v) is 7.78. The number of urea groups is 1. The number of aromatic hydroxyl groups is 2.